The van der Waals surface area contributed by atoms with Crippen molar-refractivity contribution < 1.29 is 54.1 Å². The zero-order valence-corrected chi connectivity index (χ0v) is 14.3. The first kappa shape index (κ1) is 24.3. The Balaban J connectivity index is 3.45. The summed E-state index contributed by atoms with van der Waals surface area (Å²) >= 11 is 0. The molecule has 5 atom stereocenters. The lowest BCUT2D eigenvalue weighted by Crippen LogP contribution is -2.64. The van der Waals surface area contributed by atoms with Gasteiger partial charge in [-0.15, -0.1) is 0 Å². The molecule has 162 valence electrons. The third-order valence-corrected chi connectivity index (χ3v) is 5.59. The average Bonchev–Trinajstić information content (AvgIpc) is 2.49. The summed E-state index contributed by atoms with van der Waals surface area (Å²) in [4.78, 5) is 0. The summed E-state index contributed by atoms with van der Waals surface area (Å²) in [6.07, 6.45) is -21.5. The van der Waals surface area contributed by atoms with Gasteiger partial charge in [0.05, 0.1) is 0 Å². The summed E-state index contributed by atoms with van der Waals surface area (Å²) in [5.74, 6) is -12.2. The quantitative estimate of drug-likeness (QED) is 0.616. The van der Waals surface area contributed by atoms with Gasteiger partial charge in [-0.05, 0) is 31.1 Å². The minimum absolute atomic E-state index is 0.192. The molecule has 0 spiro atoms. The second-order valence-corrected chi connectivity index (χ2v) is 7.18. The van der Waals surface area contributed by atoms with Gasteiger partial charge in [0, 0.05) is 11.8 Å². The number of rotatable bonds is 4. The second-order valence-electron chi connectivity index (χ2n) is 7.18. The molecule has 0 aromatic rings. The van der Waals surface area contributed by atoms with Gasteiger partial charge in [-0.25, -0.2) is 4.39 Å². The number of aliphatic hydroxyl groups is 2. The zero-order valence-electron chi connectivity index (χ0n) is 14.3. The molecule has 27 heavy (non-hydrogen) atoms. The third-order valence-electron chi connectivity index (χ3n) is 5.59. The summed E-state index contributed by atoms with van der Waals surface area (Å²) in [5, 5.41) is 18.7. The van der Waals surface area contributed by atoms with Crippen molar-refractivity contribution in [3.05, 3.63) is 0 Å². The van der Waals surface area contributed by atoms with Gasteiger partial charge in [-0.3, -0.25) is 0 Å². The molecule has 0 heterocycles. The average molecular weight is 422 g/mol. The Kier molecular flexibility index (Phi) is 6.50. The SMILES string of the molecule is CCC(C)C1CC(C(O)(F)C(F)(F)F)CC(C(O)(C(F)(F)F)C(F)(F)F)C1. The number of alkyl halides is 10. The van der Waals surface area contributed by atoms with Crippen molar-refractivity contribution in [2.75, 3.05) is 0 Å². The molecule has 0 radical (unpaired) electrons. The van der Waals surface area contributed by atoms with Crippen molar-refractivity contribution in [3.8, 4) is 0 Å². The van der Waals surface area contributed by atoms with Crippen LogP contribution in [0.15, 0.2) is 0 Å². The van der Waals surface area contributed by atoms with Crippen molar-refractivity contribution in [1.29, 1.82) is 0 Å². The molecule has 12 heteroatoms. The molecule has 1 fully saturated rings. The van der Waals surface area contributed by atoms with Gasteiger partial charge in [-0.1, -0.05) is 20.3 Å². The molecule has 0 aromatic heterocycles. The Morgan fingerprint density at radius 1 is 0.741 bits per heavy atom. The van der Waals surface area contributed by atoms with E-state index in [0.29, 0.717) is 0 Å². The number of hydrogen-bond donors (Lipinski definition) is 2. The molecule has 0 aliphatic heterocycles. The summed E-state index contributed by atoms with van der Waals surface area (Å²) in [5.41, 5.74) is -5.31. The maximum absolute atomic E-state index is 14.0. The predicted molar refractivity (Wildman–Crippen MR) is 72.9 cm³/mol. The normalized spacial score (nSPS) is 29.3. The molecule has 1 saturated carbocycles. The van der Waals surface area contributed by atoms with E-state index in [2.05, 4.69) is 0 Å². The topological polar surface area (TPSA) is 40.5 Å². The highest BCUT2D eigenvalue weighted by molar-refractivity contribution is 5.04. The first-order valence-electron chi connectivity index (χ1n) is 8.14. The zero-order chi connectivity index (χ0) is 21.6. The van der Waals surface area contributed by atoms with Crippen LogP contribution in [0.1, 0.15) is 39.5 Å². The van der Waals surface area contributed by atoms with E-state index in [1.54, 1.807) is 0 Å². The standard InChI is InChI=1S/C15H20F10O2/c1-3-7(2)8-4-9(11(26,13(17,18)19)14(20,21)22)6-10(5-8)12(16,27)15(23,24)25/h7-10,26-27H,3-6H2,1-2H3. The van der Waals surface area contributed by atoms with E-state index < -0.39 is 72.9 Å². The molecule has 2 N–H and O–H groups in total. The summed E-state index contributed by atoms with van der Waals surface area (Å²) < 4.78 is 131. The maximum Gasteiger partial charge on any atom is 0.448 e. The largest absolute Gasteiger partial charge is 0.448 e. The fourth-order valence-electron chi connectivity index (χ4n) is 3.67. The molecule has 0 aromatic carbocycles. The molecule has 2 nitrogen and oxygen atoms in total. The number of halogens is 10. The highest BCUT2D eigenvalue weighted by Gasteiger charge is 2.75. The minimum Gasteiger partial charge on any atom is -0.373 e. The first-order valence-corrected chi connectivity index (χ1v) is 8.14. The van der Waals surface area contributed by atoms with E-state index in [4.69, 9.17) is 0 Å². The van der Waals surface area contributed by atoms with Gasteiger partial charge in [0.2, 0.25) is 0 Å². The molecular formula is C15H20F10O2. The Morgan fingerprint density at radius 3 is 1.48 bits per heavy atom. The van der Waals surface area contributed by atoms with Gasteiger partial charge in [0.15, 0.2) is 0 Å². The van der Waals surface area contributed by atoms with E-state index in [1.165, 1.54) is 13.8 Å². The van der Waals surface area contributed by atoms with Crippen LogP contribution in [0.25, 0.3) is 0 Å². The van der Waals surface area contributed by atoms with E-state index in [-0.39, 0.29) is 6.42 Å². The van der Waals surface area contributed by atoms with E-state index in [1.807, 2.05) is 0 Å². The van der Waals surface area contributed by atoms with Crippen molar-refractivity contribution in [3.63, 3.8) is 0 Å². The van der Waals surface area contributed by atoms with Gasteiger partial charge in [0.1, 0.15) is 0 Å². The highest BCUT2D eigenvalue weighted by atomic mass is 19.4. The van der Waals surface area contributed by atoms with Crippen LogP contribution in [0.4, 0.5) is 43.9 Å². The van der Waals surface area contributed by atoms with Crippen LogP contribution < -0.4 is 0 Å². The first-order chi connectivity index (χ1) is 11.8. The van der Waals surface area contributed by atoms with Crippen LogP contribution >= 0.6 is 0 Å². The van der Waals surface area contributed by atoms with Gasteiger partial charge >= 0.3 is 24.4 Å². The Morgan fingerprint density at radius 2 is 1.15 bits per heavy atom. The van der Waals surface area contributed by atoms with Crippen LogP contribution in [-0.2, 0) is 0 Å². The van der Waals surface area contributed by atoms with Crippen LogP contribution in [-0.4, -0.2) is 40.2 Å². The monoisotopic (exact) mass is 422 g/mol. The minimum atomic E-state index is -6.25. The maximum atomic E-state index is 14.0. The molecule has 5 unspecified atom stereocenters. The summed E-state index contributed by atoms with van der Waals surface area (Å²) in [6, 6.07) is 0. The lowest BCUT2D eigenvalue weighted by Gasteiger charge is -2.47. The van der Waals surface area contributed by atoms with Gasteiger partial charge in [-0.2, -0.15) is 39.5 Å². The number of hydrogen-bond acceptors (Lipinski definition) is 2. The predicted octanol–water partition coefficient (Wildman–Crippen LogP) is 5.14. The summed E-state index contributed by atoms with van der Waals surface area (Å²) in [6.45, 7) is 2.89. The Hall–Kier alpha value is -0.780. The lowest BCUT2D eigenvalue weighted by molar-refractivity contribution is -0.395. The van der Waals surface area contributed by atoms with Crippen molar-refractivity contribution >= 4 is 0 Å². The van der Waals surface area contributed by atoms with Crippen LogP contribution in [0.5, 0.6) is 0 Å². The van der Waals surface area contributed by atoms with Gasteiger partial charge in [0.25, 0.3) is 5.60 Å². The van der Waals surface area contributed by atoms with E-state index >= 15 is 0 Å². The molecule has 0 saturated heterocycles. The molecule has 0 amide bonds. The highest BCUT2D eigenvalue weighted by Crippen LogP contribution is 2.57. The fraction of sp³-hybridized carbons (Fsp3) is 1.00. The van der Waals surface area contributed by atoms with E-state index in [9.17, 15) is 54.1 Å². The van der Waals surface area contributed by atoms with E-state index in [0.717, 1.165) is 0 Å². The Labute approximate surface area is 148 Å². The lowest BCUT2D eigenvalue weighted by atomic mass is 9.63. The second kappa shape index (κ2) is 7.23. The van der Waals surface area contributed by atoms with Crippen LogP contribution in [0, 0.1) is 23.7 Å². The summed E-state index contributed by atoms with van der Waals surface area (Å²) in [7, 11) is 0. The molecular weight excluding hydrogens is 402 g/mol. The van der Waals surface area contributed by atoms with Crippen LogP contribution in [0.2, 0.25) is 0 Å². The third kappa shape index (κ3) is 4.30. The van der Waals surface area contributed by atoms with Crippen molar-refractivity contribution in [1.82, 2.24) is 0 Å². The van der Waals surface area contributed by atoms with Crippen molar-refractivity contribution in [2.45, 2.75) is 69.5 Å². The van der Waals surface area contributed by atoms with Gasteiger partial charge < -0.3 is 10.2 Å². The molecule has 1 aliphatic rings. The van der Waals surface area contributed by atoms with Crippen molar-refractivity contribution in [2.24, 2.45) is 23.7 Å². The Bertz CT molecular complexity index is 494. The van der Waals surface area contributed by atoms with Crippen LogP contribution in [0.3, 0.4) is 0 Å². The molecule has 1 rings (SSSR count). The fourth-order valence-corrected chi connectivity index (χ4v) is 3.67. The molecule has 0 bridgehead atoms. The molecule has 1 aliphatic carbocycles. The smallest absolute Gasteiger partial charge is 0.373 e.